The van der Waals surface area contributed by atoms with Crippen LogP contribution in [-0.2, 0) is 9.59 Å². The van der Waals surface area contributed by atoms with Crippen LogP contribution in [-0.4, -0.2) is 60.5 Å². The van der Waals surface area contributed by atoms with Gasteiger partial charge in [-0.25, -0.2) is 0 Å². The van der Waals surface area contributed by atoms with Crippen LogP contribution in [0.4, 0.5) is 5.69 Å². The fraction of sp³-hybridized carbons (Fsp3) is 0.310. The van der Waals surface area contributed by atoms with Gasteiger partial charge in [-0.15, -0.1) is 0 Å². The van der Waals surface area contributed by atoms with Gasteiger partial charge >= 0.3 is 0 Å². The van der Waals surface area contributed by atoms with E-state index in [4.69, 9.17) is 9.47 Å². The van der Waals surface area contributed by atoms with Gasteiger partial charge in [0.1, 0.15) is 12.6 Å². The Labute approximate surface area is 211 Å². The van der Waals surface area contributed by atoms with Crippen LogP contribution < -0.4 is 14.8 Å². The summed E-state index contributed by atoms with van der Waals surface area (Å²) in [5.74, 6) is 1.09. The number of nitrogens with zero attached hydrogens (tertiary/aromatic N) is 2. The summed E-state index contributed by atoms with van der Waals surface area (Å²) in [6.07, 6.45) is -0.663. The van der Waals surface area contributed by atoms with Crippen molar-refractivity contribution in [1.82, 2.24) is 9.80 Å². The van der Waals surface area contributed by atoms with Crippen molar-refractivity contribution in [3.05, 3.63) is 89.5 Å². The minimum Gasteiger partial charge on any atom is -0.485 e. The number of aryl methyl sites for hydroxylation is 2. The van der Waals surface area contributed by atoms with E-state index in [1.165, 1.54) is 0 Å². The summed E-state index contributed by atoms with van der Waals surface area (Å²) in [5.41, 5.74) is 3.87. The molecule has 0 radical (unpaired) electrons. The predicted molar refractivity (Wildman–Crippen MR) is 138 cm³/mol. The Kier molecular flexibility index (Phi) is 6.91. The topological polar surface area (TPSA) is 71.1 Å². The normalized spacial score (nSPS) is 18.4. The molecule has 1 saturated heterocycles. The summed E-state index contributed by atoms with van der Waals surface area (Å²) >= 11 is 0. The van der Waals surface area contributed by atoms with E-state index >= 15 is 0 Å². The first-order valence-corrected chi connectivity index (χ1v) is 12.3. The minimum absolute atomic E-state index is 0.0738. The van der Waals surface area contributed by atoms with E-state index in [0.717, 1.165) is 22.4 Å². The van der Waals surface area contributed by atoms with Crippen molar-refractivity contribution < 1.29 is 19.1 Å². The number of hydrogen-bond donors (Lipinski definition) is 1. The van der Waals surface area contributed by atoms with E-state index in [9.17, 15) is 9.59 Å². The van der Waals surface area contributed by atoms with Gasteiger partial charge in [0.15, 0.2) is 11.5 Å². The maximum atomic E-state index is 13.6. The number of carbonyl (C=O) groups excluding carboxylic acids is 2. The third-order valence-corrected chi connectivity index (χ3v) is 6.79. The van der Waals surface area contributed by atoms with Gasteiger partial charge < -0.3 is 19.7 Å². The molecule has 2 aliphatic heterocycles. The number of carbonyl (C=O) groups is 2. The quantitative estimate of drug-likeness (QED) is 0.592. The Morgan fingerprint density at radius 2 is 1.58 bits per heavy atom. The van der Waals surface area contributed by atoms with E-state index in [-0.39, 0.29) is 18.4 Å². The highest BCUT2D eigenvalue weighted by atomic mass is 16.6. The highest BCUT2D eigenvalue weighted by Crippen LogP contribution is 2.32. The van der Waals surface area contributed by atoms with Gasteiger partial charge in [-0.1, -0.05) is 54.6 Å². The second-order valence-corrected chi connectivity index (χ2v) is 9.35. The fourth-order valence-electron chi connectivity index (χ4n) is 4.78. The monoisotopic (exact) mass is 485 g/mol. The maximum absolute atomic E-state index is 13.6. The number of anilines is 1. The molecule has 2 heterocycles. The molecule has 2 atom stereocenters. The molecule has 0 unspecified atom stereocenters. The summed E-state index contributed by atoms with van der Waals surface area (Å²) in [4.78, 5) is 30.7. The van der Waals surface area contributed by atoms with E-state index < -0.39 is 12.1 Å². The molecule has 2 amide bonds. The smallest absolute Gasteiger partial charge is 0.267 e. The van der Waals surface area contributed by atoms with Crippen LogP contribution in [0.1, 0.15) is 22.7 Å². The van der Waals surface area contributed by atoms with Crippen molar-refractivity contribution in [2.45, 2.75) is 26.0 Å². The zero-order chi connectivity index (χ0) is 25.1. The number of amides is 2. The Morgan fingerprint density at radius 3 is 2.33 bits per heavy atom. The lowest BCUT2D eigenvalue weighted by molar-refractivity contribution is -0.143. The van der Waals surface area contributed by atoms with Crippen LogP contribution in [0, 0.1) is 13.8 Å². The number of ether oxygens (including phenoxy) is 2. The average molecular weight is 486 g/mol. The van der Waals surface area contributed by atoms with Crippen LogP contribution in [0.25, 0.3) is 0 Å². The highest BCUT2D eigenvalue weighted by molar-refractivity contribution is 5.96. The number of fused-ring (bicyclic) bond motifs is 1. The van der Waals surface area contributed by atoms with Gasteiger partial charge in [0.05, 0.1) is 0 Å². The van der Waals surface area contributed by atoms with Crippen molar-refractivity contribution >= 4 is 17.5 Å². The molecule has 5 rings (SSSR count). The first-order valence-electron chi connectivity index (χ1n) is 12.3. The van der Waals surface area contributed by atoms with Crippen LogP contribution in [0.3, 0.4) is 0 Å². The largest absolute Gasteiger partial charge is 0.485 e. The molecule has 0 aromatic heterocycles. The third kappa shape index (κ3) is 5.06. The minimum atomic E-state index is -0.663. The maximum Gasteiger partial charge on any atom is 0.267 e. The molecule has 3 aromatic rings. The van der Waals surface area contributed by atoms with E-state index in [1.54, 1.807) is 0 Å². The van der Waals surface area contributed by atoms with Gasteiger partial charge in [0.25, 0.3) is 5.91 Å². The molecule has 36 heavy (non-hydrogen) atoms. The summed E-state index contributed by atoms with van der Waals surface area (Å²) in [5, 5.41) is 3.14. The molecule has 1 fully saturated rings. The fourth-order valence-corrected chi connectivity index (χ4v) is 4.78. The number of nitrogens with one attached hydrogen (secondary N) is 1. The van der Waals surface area contributed by atoms with Gasteiger partial charge in [-0.3, -0.25) is 14.5 Å². The molecule has 0 spiro atoms. The number of para-hydroxylation sites is 2. The second kappa shape index (κ2) is 10.4. The molecule has 7 nitrogen and oxygen atoms in total. The molecule has 3 aromatic carbocycles. The van der Waals surface area contributed by atoms with Crippen LogP contribution in [0.5, 0.6) is 11.5 Å². The molecule has 0 saturated carbocycles. The summed E-state index contributed by atoms with van der Waals surface area (Å²) in [6, 6.07) is 22.8. The number of hydrogen-bond acceptors (Lipinski definition) is 5. The summed E-state index contributed by atoms with van der Waals surface area (Å²) < 4.78 is 11.7. The molecular formula is C29H31N3O4. The lowest BCUT2D eigenvalue weighted by Crippen LogP contribution is -2.55. The van der Waals surface area contributed by atoms with E-state index in [2.05, 4.69) is 10.2 Å². The van der Waals surface area contributed by atoms with Crippen LogP contribution in [0.15, 0.2) is 72.8 Å². The predicted octanol–water partition coefficient (Wildman–Crippen LogP) is 3.97. The summed E-state index contributed by atoms with van der Waals surface area (Å²) in [7, 11) is 0. The molecule has 186 valence electrons. The van der Waals surface area contributed by atoms with E-state index in [1.807, 2.05) is 91.5 Å². The standard InChI is InChI=1S/C29H31N3O4/c1-20-12-13-21(2)23(18-20)30-28(33)27(22-8-4-3-5-9-22)31-14-16-32(17-15-31)29(34)26-19-35-24-10-6-7-11-25(24)36-26/h3-13,18,26-27H,14-17,19H2,1-2H3,(H,30,33)/t26-,27-/m0/s1. The lowest BCUT2D eigenvalue weighted by Gasteiger charge is -2.40. The van der Waals surface area contributed by atoms with Crippen LogP contribution in [0.2, 0.25) is 0 Å². The lowest BCUT2D eigenvalue weighted by atomic mass is 10.0. The Balaban J connectivity index is 1.27. The van der Waals surface area contributed by atoms with Crippen molar-refractivity contribution in [2.24, 2.45) is 0 Å². The average Bonchev–Trinajstić information content (AvgIpc) is 2.91. The van der Waals surface area contributed by atoms with Crippen molar-refractivity contribution in [2.75, 3.05) is 38.1 Å². The molecule has 0 aliphatic carbocycles. The molecule has 0 bridgehead atoms. The highest BCUT2D eigenvalue weighted by Gasteiger charge is 2.36. The van der Waals surface area contributed by atoms with Gasteiger partial charge in [0, 0.05) is 31.9 Å². The Morgan fingerprint density at radius 1 is 0.889 bits per heavy atom. The molecular weight excluding hydrogens is 454 g/mol. The zero-order valence-electron chi connectivity index (χ0n) is 20.6. The number of rotatable bonds is 5. The van der Waals surface area contributed by atoms with Crippen molar-refractivity contribution in [3.8, 4) is 11.5 Å². The third-order valence-electron chi connectivity index (χ3n) is 6.79. The second-order valence-electron chi connectivity index (χ2n) is 9.35. The Bertz CT molecular complexity index is 1240. The number of piperazine rings is 1. The zero-order valence-corrected chi connectivity index (χ0v) is 20.6. The molecule has 1 N–H and O–H groups in total. The Hall–Kier alpha value is -3.84. The van der Waals surface area contributed by atoms with Crippen molar-refractivity contribution in [3.63, 3.8) is 0 Å². The first-order chi connectivity index (χ1) is 17.5. The molecule has 7 heteroatoms. The van der Waals surface area contributed by atoms with Gasteiger partial charge in [0.2, 0.25) is 12.0 Å². The first kappa shape index (κ1) is 23.9. The number of benzene rings is 3. The SMILES string of the molecule is Cc1ccc(C)c(NC(=O)[C@H](c2ccccc2)N2CCN(C(=O)[C@@H]3COc4ccccc4O3)CC2)c1. The van der Waals surface area contributed by atoms with Crippen LogP contribution >= 0.6 is 0 Å². The summed E-state index contributed by atoms with van der Waals surface area (Å²) in [6.45, 7) is 6.39. The molecule has 2 aliphatic rings. The van der Waals surface area contributed by atoms with Gasteiger partial charge in [-0.05, 0) is 48.7 Å². The van der Waals surface area contributed by atoms with Crippen molar-refractivity contribution in [1.29, 1.82) is 0 Å². The van der Waals surface area contributed by atoms with Gasteiger partial charge in [-0.2, -0.15) is 0 Å². The van der Waals surface area contributed by atoms with E-state index in [0.29, 0.717) is 37.7 Å².